The number of benzene rings is 1. The van der Waals surface area contributed by atoms with E-state index in [1.54, 1.807) is 18.2 Å². The molecule has 0 atom stereocenters. The number of ether oxygens (including phenoxy) is 2. The van der Waals surface area contributed by atoms with Crippen LogP contribution in [0.2, 0.25) is 0 Å². The zero-order chi connectivity index (χ0) is 35.2. The van der Waals surface area contributed by atoms with Crippen LogP contribution in [-0.4, -0.2) is 89.5 Å². The van der Waals surface area contributed by atoms with Crippen LogP contribution in [0.4, 0.5) is 10.6 Å². The lowest BCUT2D eigenvalue weighted by molar-refractivity contribution is -0.124. The fraction of sp³-hybridized carbons (Fsp3) is 0.564. The number of nitrogens with zero attached hydrogens (tertiary/aromatic N) is 7. The third kappa shape index (κ3) is 8.29. The number of piperazine rings is 1. The smallest absolute Gasteiger partial charge is 0.410 e. The van der Waals surface area contributed by atoms with Crippen LogP contribution in [0.15, 0.2) is 48.9 Å². The summed E-state index contributed by atoms with van der Waals surface area (Å²) in [5.74, 6) is 1.93. The summed E-state index contributed by atoms with van der Waals surface area (Å²) in [6.07, 6.45) is 12.0. The summed E-state index contributed by atoms with van der Waals surface area (Å²) in [6, 6.07) is 12.5. The van der Waals surface area contributed by atoms with Gasteiger partial charge in [-0.05, 0) is 119 Å². The van der Waals surface area contributed by atoms with Gasteiger partial charge in [0, 0.05) is 62.6 Å². The first-order valence-electron chi connectivity index (χ1n) is 18.3. The number of likely N-dealkylation sites (N-methyl/N-ethyl adjacent to an activating group) is 1. The van der Waals surface area contributed by atoms with Crippen LogP contribution in [0.3, 0.4) is 0 Å². The molecule has 0 unspecified atom stereocenters. The first kappa shape index (κ1) is 35.4. The van der Waals surface area contributed by atoms with Gasteiger partial charge in [0.1, 0.15) is 23.7 Å². The Hall–Kier alpha value is -4.43. The topological polar surface area (TPSA) is 117 Å². The first-order valence-corrected chi connectivity index (χ1v) is 18.3. The minimum Gasteiger partial charge on any atom is -0.495 e. The van der Waals surface area contributed by atoms with Crippen molar-refractivity contribution < 1.29 is 19.1 Å². The van der Waals surface area contributed by atoms with Crippen LogP contribution in [0.1, 0.15) is 88.3 Å². The van der Waals surface area contributed by atoms with E-state index in [1.165, 1.54) is 5.56 Å². The molecule has 3 heterocycles. The van der Waals surface area contributed by atoms with E-state index < -0.39 is 0 Å². The molecule has 3 fully saturated rings. The highest BCUT2D eigenvalue weighted by Gasteiger charge is 2.35. The van der Waals surface area contributed by atoms with Gasteiger partial charge in [0.25, 0.3) is 0 Å². The molecular formula is C39H51N7O4. The SMILES string of the molecule is COc1ccc(C2CCC(CN(C(=O)C3CCC(OC(=O)N4CCN(C)CC4)CC3)c3cc(-c4cnn(C(C)C)c4)ccn3)CC2)cc1C#N. The predicted octanol–water partition coefficient (Wildman–Crippen LogP) is 6.66. The Morgan fingerprint density at radius 1 is 0.980 bits per heavy atom. The lowest BCUT2D eigenvalue weighted by atomic mass is 9.78. The Morgan fingerprint density at radius 3 is 2.38 bits per heavy atom. The van der Waals surface area contributed by atoms with Gasteiger partial charge in [-0.25, -0.2) is 9.78 Å². The zero-order valence-electron chi connectivity index (χ0n) is 30.0. The van der Waals surface area contributed by atoms with Crippen LogP contribution in [0, 0.1) is 23.2 Å². The summed E-state index contributed by atoms with van der Waals surface area (Å²) in [4.78, 5) is 38.0. The van der Waals surface area contributed by atoms with Crippen molar-refractivity contribution in [2.45, 2.75) is 83.3 Å². The maximum atomic E-state index is 14.4. The largest absolute Gasteiger partial charge is 0.495 e. The highest BCUT2D eigenvalue weighted by Crippen LogP contribution is 2.39. The van der Waals surface area contributed by atoms with Crippen molar-refractivity contribution in [3.05, 3.63) is 60.0 Å². The third-order valence-corrected chi connectivity index (χ3v) is 10.9. The number of rotatable bonds is 9. The predicted molar refractivity (Wildman–Crippen MR) is 192 cm³/mol. The lowest BCUT2D eigenvalue weighted by Gasteiger charge is -2.36. The summed E-state index contributed by atoms with van der Waals surface area (Å²) in [6.45, 7) is 7.89. The Morgan fingerprint density at radius 2 is 1.72 bits per heavy atom. The number of hydrogen-bond acceptors (Lipinski definition) is 8. The Bertz CT molecular complexity index is 1660. The highest BCUT2D eigenvalue weighted by atomic mass is 16.6. The zero-order valence-corrected chi connectivity index (χ0v) is 30.0. The van der Waals surface area contributed by atoms with Crippen molar-refractivity contribution in [1.82, 2.24) is 24.6 Å². The van der Waals surface area contributed by atoms with Crippen LogP contribution >= 0.6 is 0 Å². The van der Waals surface area contributed by atoms with Gasteiger partial charge in [0.2, 0.25) is 5.91 Å². The summed E-state index contributed by atoms with van der Waals surface area (Å²) >= 11 is 0. The van der Waals surface area contributed by atoms with Gasteiger partial charge in [-0.15, -0.1) is 0 Å². The molecule has 3 aromatic rings. The van der Waals surface area contributed by atoms with E-state index >= 15 is 0 Å². The van der Waals surface area contributed by atoms with Crippen LogP contribution < -0.4 is 9.64 Å². The first-order chi connectivity index (χ1) is 24.2. The Labute approximate surface area is 296 Å². The molecule has 0 N–H and O–H groups in total. The highest BCUT2D eigenvalue weighted by molar-refractivity contribution is 5.94. The van der Waals surface area contributed by atoms with E-state index in [1.807, 2.05) is 46.2 Å². The second kappa shape index (κ2) is 16.1. The average molecular weight is 682 g/mol. The number of methoxy groups -OCH3 is 1. The van der Waals surface area contributed by atoms with Gasteiger partial charge in [-0.2, -0.15) is 10.4 Å². The molecule has 2 aliphatic carbocycles. The van der Waals surface area contributed by atoms with E-state index in [-0.39, 0.29) is 30.1 Å². The second-order valence-corrected chi connectivity index (χ2v) is 14.6. The maximum Gasteiger partial charge on any atom is 0.410 e. The number of anilines is 1. The molecule has 11 heteroatoms. The van der Waals surface area contributed by atoms with Crippen molar-refractivity contribution in [3.63, 3.8) is 0 Å². The Balaban J connectivity index is 1.14. The fourth-order valence-corrected chi connectivity index (χ4v) is 7.67. The van der Waals surface area contributed by atoms with Gasteiger partial charge < -0.3 is 19.3 Å². The summed E-state index contributed by atoms with van der Waals surface area (Å²) in [5, 5.41) is 14.1. The van der Waals surface area contributed by atoms with Crippen molar-refractivity contribution in [1.29, 1.82) is 5.26 Å². The van der Waals surface area contributed by atoms with E-state index in [9.17, 15) is 14.9 Å². The maximum absolute atomic E-state index is 14.4. The van der Waals surface area contributed by atoms with Crippen molar-refractivity contribution in [2.24, 2.45) is 11.8 Å². The normalized spacial score (nSPS) is 22.9. The average Bonchev–Trinajstić information content (AvgIpc) is 3.65. The summed E-state index contributed by atoms with van der Waals surface area (Å²) in [5.41, 5.74) is 3.72. The monoisotopic (exact) mass is 681 g/mol. The number of aromatic nitrogens is 3. The fourth-order valence-electron chi connectivity index (χ4n) is 7.67. The minimum absolute atomic E-state index is 0.104. The molecular weight excluding hydrogens is 630 g/mol. The molecule has 50 heavy (non-hydrogen) atoms. The summed E-state index contributed by atoms with van der Waals surface area (Å²) in [7, 11) is 3.66. The molecule has 1 aromatic carbocycles. The van der Waals surface area contributed by atoms with Crippen LogP contribution in [-0.2, 0) is 9.53 Å². The van der Waals surface area contributed by atoms with Crippen LogP contribution in [0.5, 0.6) is 5.75 Å². The number of nitriles is 1. The van der Waals surface area contributed by atoms with Gasteiger partial charge >= 0.3 is 6.09 Å². The van der Waals surface area contributed by atoms with E-state index in [0.29, 0.717) is 74.3 Å². The number of carbonyl (C=O) groups is 2. The molecule has 6 rings (SSSR count). The molecule has 0 bridgehead atoms. The molecule has 266 valence electrons. The number of hydrogen-bond donors (Lipinski definition) is 0. The molecule has 0 radical (unpaired) electrons. The van der Waals surface area contributed by atoms with E-state index in [0.717, 1.165) is 49.9 Å². The minimum atomic E-state index is -0.231. The van der Waals surface area contributed by atoms with Gasteiger partial charge in [0.15, 0.2) is 0 Å². The quantitative estimate of drug-likeness (QED) is 0.246. The van der Waals surface area contributed by atoms with Gasteiger partial charge in [-0.3, -0.25) is 14.4 Å². The molecule has 2 aromatic heterocycles. The number of amides is 2. The van der Waals surface area contributed by atoms with E-state index in [2.05, 4.69) is 43.0 Å². The molecule has 11 nitrogen and oxygen atoms in total. The molecule has 2 amide bonds. The van der Waals surface area contributed by atoms with E-state index in [4.69, 9.17) is 14.5 Å². The standard InChI is InChI=1S/C39H51N7O4/c1-27(2)46-26-34(24-42-46)32-15-16-41-37(22-32)45(25-28-5-7-29(8-6-28)31-11-14-36(49-4)33(21-31)23-40)38(47)30-9-12-35(13-10-30)50-39(48)44-19-17-43(3)18-20-44/h11,14-16,21-22,24,26-30,35H,5-10,12-13,17-20,25H2,1-4H3. The Kier molecular flexibility index (Phi) is 11.4. The number of pyridine rings is 1. The second-order valence-electron chi connectivity index (χ2n) is 14.6. The van der Waals surface area contributed by atoms with Crippen molar-refractivity contribution in [3.8, 4) is 22.9 Å². The van der Waals surface area contributed by atoms with Crippen molar-refractivity contribution in [2.75, 3.05) is 51.8 Å². The van der Waals surface area contributed by atoms with Gasteiger partial charge in [-0.1, -0.05) is 6.07 Å². The molecule has 0 spiro atoms. The third-order valence-electron chi connectivity index (χ3n) is 10.9. The summed E-state index contributed by atoms with van der Waals surface area (Å²) < 4.78 is 13.2. The van der Waals surface area contributed by atoms with Gasteiger partial charge in [0.05, 0.1) is 18.9 Å². The molecule has 1 saturated heterocycles. The molecule has 3 aliphatic rings. The molecule has 1 aliphatic heterocycles. The molecule has 2 saturated carbocycles. The number of carbonyl (C=O) groups excluding carboxylic acids is 2. The van der Waals surface area contributed by atoms with Crippen molar-refractivity contribution >= 4 is 17.8 Å². The lowest BCUT2D eigenvalue weighted by Crippen LogP contribution is -2.48. The van der Waals surface area contributed by atoms with Crippen LogP contribution in [0.25, 0.3) is 11.1 Å².